The van der Waals surface area contributed by atoms with Gasteiger partial charge in [-0.25, -0.2) is 9.59 Å². The van der Waals surface area contributed by atoms with E-state index >= 15 is 0 Å². The summed E-state index contributed by atoms with van der Waals surface area (Å²) in [5.74, 6) is -0.633. The highest BCUT2D eigenvalue weighted by molar-refractivity contribution is 7.12. The highest BCUT2D eigenvalue weighted by atomic mass is 32.1. The van der Waals surface area contributed by atoms with Crippen LogP contribution in [0.2, 0.25) is 0 Å². The molecule has 0 saturated heterocycles. The molecule has 106 valence electrons. The molecule has 0 amide bonds. The monoisotopic (exact) mass is 296 g/mol. The number of nitrogens with zero attached hydrogens (tertiary/aromatic N) is 2. The van der Waals surface area contributed by atoms with Gasteiger partial charge in [-0.05, 0) is 0 Å². The zero-order valence-electron chi connectivity index (χ0n) is 10.8. The third-order valence-electron chi connectivity index (χ3n) is 2.80. The van der Waals surface area contributed by atoms with Gasteiger partial charge in [0.1, 0.15) is 17.2 Å². The zero-order chi connectivity index (χ0) is 14.9. The van der Waals surface area contributed by atoms with Crippen molar-refractivity contribution >= 4 is 17.3 Å². The first-order valence-corrected chi connectivity index (χ1v) is 6.48. The van der Waals surface area contributed by atoms with Crippen molar-refractivity contribution in [1.29, 1.82) is 0 Å². The number of hydrogen-bond donors (Lipinski definition) is 1. The van der Waals surface area contributed by atoms with Crippen LogP contribution < -0.4 is 16.0 Å². The second kappa shape index (κ2) is 5.33. The van der Waals surface area contributed by atoms with Crippen molar-refractivity contribution in [2.24, 2.45) is 14.1 Å². The summed E-state index contributed by atoms with van der Waals surface area (Å²) in [7, 11) is 2.93. The van der Waals surface area contributed by atoms with Gasteiger partial charge in [0.25, 0.3) is 5.56 Å². The van der Waals surface area contributed by atoms with Crippen LogP contribution in [0.5, 0.6) is 5.75 Å². The Morgan fingerprint density at radius 2 is 2.00 bits per heavy atom. The van der Waals surface area contributed by atoms with Crippen molar-refractivity contribution in [2.75, 3.05) is 0 Å². The van der Waals surface area contributed by atoms with Crippen molar-refractivity contribution in [3.05, 3.63) is 48.9 Å². The van der Waals surface area contributed by atoms with Crippen LogP contribution in [0.4, 0.5) is 0 Å². The number of carboxylic acid groups (broad SMARTS) is 1. The van der Waals surface area contributed by atoms with Gasteiger partial charge < -0.3 is 9.84 Å². The number of aromatic carboxylic acids is 1. The molecule has 0 aliphatic heterocycles. The van der Waals surface area contributed by atoms with Gasteiger partial charge in [0.15, 0.2) is 0 Å². The molecule has 0 aliphatic carbocycles. The summed E-state index contributed by atoms with van der Waals surface area (Å²) in [6.07, 6.45) is 0. The van der Waals surface area contributed by atoms with Crippen molar-refractivity contribution in [2.45, 2.75) is 6.61 Å². The van der Waals surface area contributed by atoms with Gasteiger partial charge in [-0.15, -0.1) is 11.3 Å². The summed E-state index contributed by atoms with van der Waals surface area (Å²) in [5.41, 5.74) is -0.433. The van der Waals surface area contributed by atoms with Crippen molar-refractivity contribution in [3.63, 3.8) is 0 Å². The minimum absolute atomic E-state index is 0.0115. The van der Waals surface area contributed by atoms with E-state index in [-0.39, 0.29) is 11.5 Å². The molecule has 8 heteroatoms. The van der Waals surface area contributed by atoms with Gasteiger partial charge >= 0.3 is 11.7 Å². The van der Waals surface area contributed by atoms with E-state index in [1.807, 2.05) is 0 Å². The van der Waals surface area contributed by atoms with Crippen LogP contribution in [-0.4, -0.2) is 20.2 Å². The van der Waals surface area contributed by atoms with Crippen molar-refractivity contribution < 1.29 is 14.6 Å². The molecule has 0 spiro atoms. The normalized spacial score (nSPS) is 10.5. The molecule has 0 fully saturated rings. The first kappa shape index (κ1) is 14.1. The molecule has 0 bridgehead atoms. The van der Waals surface area contributed by atoms with Gasteiger partial charge in [-0.2, -0.15) is 0 Å². The van der Waals surface area contributed by atoms with Gasteiger partial charge in [-0.3, -0.25) is 13.9 Å². The predicted molar refractivity (Wildman–Crippen MR) is 72.5 cm³/mol. The number of carboxylic acids is 1. The summed E-state index contributed by atoms with van der Waals surface area (Å²) < 4.78 is 7.70. The van der Waals surface area contributed by atoms with Gasteiger partial charge in [0.2, 0.25) is 0 Å². The average molecular weight is 296 g/mol. The molecule has 2 heterocycles. The Morgan fingerprint density at radius 1 is 1.30 bits per heavy atom. The molecule has 2 aromatic heterocycles. The van der Waals surface area contributed by atoms with Gasteiger partial charge in [0.05, 0.1) is 5.69 Å². The highest BCUT2D eigenvalue weighted by Crippen LogP contribution is 2.22. The standard InChI is InChI=1S/C12H12N2O5S/c1-13-7(3-10(15)14(2)12(13)18)5-19-8-4-9(11(16)17)20-6-8/h3-4,6H,5H2,1-2H3,(H,16,17). The summed E-state index contributed by atoms with van der Waals surface area (Å²) >= 11 is 1.05. The first-order valence-electron chi connectivity index (χ1n) is 5.60. The van der Waals surface area contributed by atoms with E-state index in [4.69, 9.17) is 9.84 Å². The molecule has 0 saturated carbocycles. The van der Waals surface area contributed by atoms with Crippen LogP contribution in [0.15, 0.2) is 27.1 Å². The topological polar surface area (TPSA) is 90.5 Å². The van der Waals surface area contributed by atoms with E-state index in [0.29, 0.717) is 11.4 Å². The average Bonchev–Trinajstić information content (AvgIpc) is 2.88. The molecule has 1 N–H and O–H groups in total. The Hall–Kier alpha value is -2.35. The first-order chi connectivity index (χ1) is 9.40. The molecule has 0 aliphatic rings. The SMILES string of the molecule is Cn1c(COc2csc(C(=O)O)c2)cc(=O)n(C)c1=O. The van der Waals surface area contributed by atoms with Crippen LogP contribution in [0.1, 0.15) is 15.4 Å². The maximum atomic E-state index is 11.7. The maximum Gasteiger partial charge on any atom is 0.346 e. The molecule has 0 atom stereocenters. The Balaban J connectivity index is 2.21. The fourth-order valence-corrected chi connectivity index (χ4v) is 2.24. The summed E-state index contributed by atoms with van der Waals surface area (Å²) in [6, 6.07) is 2.71. The van der Waals surface area contributed by atoms with E-state index in [0.717, 1.165) is 15.9 Å². The zero-order valence-corrected chi connectivity index (χ0v) is 11.6. The number of thiophene rings is 1. The molecular formula is C12H12N2O5S. The van der Waals surface area contributed by atoms with Crippen LogP contribution in [0.3, 0.4) is 0 Å². The molecule has 0 aromatic carbocycles. The third-order valence-corrected chi connectivity index (χ3v) is 3.69. The van der Waals surface area contributed by atoms with Gasteiger partial charge in [0, 0.05) is 31.6 Å². The minimum atomic E-state index is -1.02. The Labute approximate surface area is 117 Å². The highest BCUT2D eigenvalue weighted by Gasteiger charge is 2.10. The van der Waals surface area contributed by atoms with Crippen LogP contribution in [-0.2, 0) is 20.7 Å². The lowest BCUT2D eigenvalue weighted by Crippen LogP contribution is -2.38. The number of hydrogen-bond acceptors (Lipinski definition) is 5. The molecule has 2 rings (SSSR count). The molecule has 20 heavy (non-hydrogen) atoms. The van der Waals surface area contributed by atoms with Crippen LogP contribution >= 0.6 is 11.3 Å². The molecule has 7 nitrogen and oxygen atoms in total. The summed E-state index contributed by atoms with van der Waals surface area (Å²) in [4.78, 5) is 34.1. The lowest BCUT2D eigenvalue weighted by atomic mass is 10.4. The lowest BCUT2D eigenvalue weighted by Gasteiger charge is -2.09. The van der Waals surface area contributed by atoms with Crippen molar-refractivity contribution in [3.8, 4) is 5.75 Å². The minimum Gasteiger partial charge on any atom is -0.486 e. The smallest absolute Gasteiger partial charge is 0.346 e. The number of carbonyl (C=O) groups is 1. The summed E-state index contributed by atoms with van der Waals surface area (Å²) in [5, 5.41) is 10.4. The molecular weight excluding hydrogens is 284 g/mol. The molecule has 2 aromatic rings. The summed E-state index contributed by atoms with van der Waals surface area (Å²) in [6.45, 7) is 0.0115. The van der Waals surface area contributed by atoms with E-state index in [1.165, 1.54) is 30.8 Å². The van der Waals surface area contributed by atoms with Crippen LogP contribution in [0, 0.1) is 0 Å². The largest absolute Gasteiger partial charge is 0.486 e. The third kappa shape index (κ3) is 2.64. The number of ether oxygens (including phenoxy) is 1. The van der Waals surface area contributed by atoms with Crippen LogP contribution in [0.25, 0.3) is 0 Å². The Morgan fingerprint density at radius 3 is 2.60 bits per heavy atom. The second-order valence-corrected chi connectivity index (χ2v) is 5.03. The number of aromatic nitrogens is 2. The quantitative estimate of drug-likeness (QED) is 0.883. The molecule has 0 radical (unpaired) electrons. The fourth-order valence-electron chi connectivity index (χ4n) is 1.58. The van der Waals surface area contributed by atoms with Crippen molar-refractivity contribution in [1.82, 2.24) is 9.13 Å². The van der Waals surface area contributed by atoms with E-state index in [2.05, 4.69) is 0 Å². The number of rotatable bonds is 4. The second-order valence-electron chi connectivity index (χ2n) is 4.12. The van der Waals surface area contributed by atoms with Gasteiger partial charge in [-0.1, -0.05) is 0 Å². The van der Waals surface area contributed by atoms with E-state index < -0.39 is 17.2 Å². The predicted octanol–water partition coefficient (Wildman–Crippen LogP) is 0.423. The maximum absolute atomic E-state index is 11.7. The molecule has 0 unspecified atom stereocenters. The lowest BCUT2D eigenvalue weighted by molar-refractivity contribution is 0.0702. The fraction of sp³-hybridized carbons (Fsp3) is 0.250. The Kier molecular flexibility index (Phi) is 3.75. The van der Waals surface area contributed by atoms with E-state index in [9.17, 15) is 14.4 Å². The van der Waals surface area contributed by atoms with E-state index in [1.54, 1.807) is 5.38 Å². The Bertz CT molecular complexity index is 771.